The highest BCUT2D eigenvalue weighted by atomic mass is 16.5. The van der Waals surface area contributed by atoms with Crippen molar-refractivity contribution in [1.29, 1.82) is 0 Å². The van der Waals surface area contributed by atoms with E-state index in [1.165, 1.54) is 0 Å². The maximum atomic E-state index is 8.89. The Morgan fingerprint density at radius 1 is 1.17 bits per heavy atom. The van der Waals surface area contributed by atoms with Gasteiger partial charge in [-0.2, -0.15) is 0 Å². The molecule has 0 atom stereocenters. The van der Waals surface area contributed by atoms with Crippen molar-refractivity contribution >= 4 is 5.71 Å². The van der Waals surface area contributed by atoms with Crippen LogP contribution in [0.1, 0.15) is 26.3 Å². The Labute approximate surface area is 107 Å². The minimum Gasteiger partial charge on any atom is -0.493 e. The van der Waals surface area contributed by atoms with Crippen LogP contribution in [0.25, 0.3) is 0 Å². The van der Waals surface area contributed by atoms with Gasteiger partial charge in [0.1, 0.15) is 0 Å². The third kappa shape index (κ3) is 2.85. The number of rotatable bonds is 6. The molecule has 0 spiro atoms. The molecule has 5 nitrogen and oxygen atoms in total. The summed E-state index contributed by atoms with van der Waals surface area (Å²) in [5.41, 5.74) is 1.14. The van der Waals surface area contributed by atoms with Crippen LogP contribution in [0, 0.1) is 0 Å². The average Bonchev–Trinajstić information content (AvgIpc) is 2.40. The van der Waals surface area contributed by atoms with Crippen molar-refractivity contribution in [3.05, 3.63) is 17.7 Å². The lowest BCUT2D eigenvalue weighted by molar-refractivity contribution is 0.271. The van der Waals surface area contributed by atoms with E-state index in [4.69, 9.17) is 19.4 Å². The molecule has 1 rings (SSSR count). The number of ether oxygens (including phenoxy) is 3. The van der Waals surface area contributed by atoms with Crippen molar-refractivity contribution in [2.24, 2.45) is 5.16 Å². The zero-order chi connectivity index (χ0) is 13.5. The SMILES string of the molecule is CCOc1c(OC)ccc(/C(C)=N\O)c1OCC. The van der Waals surface area contributed by atoms with Gasteiger partial charge in [0, 0.05) is 5.56 Å². The largest absolute Gasteiger partial charge is 0.493 e. The van der Waals surface area contributed by atoms with Gasteiger partial charge in [0.15, 0.2) is 11.5 Å². The van der Waals surface area contributed by atoms with Crippen LogP contribution in [-0.2, 0) is 0 Å². The first-order valence-electron chi connectivity index (χ1n) is 5.85. The molecule has 0 saturated heterocycles. The van der Waals surface area contributed by atoms with E-state index in [2.05, 4.69) is 5.16 Å². The second kappa shape index (κ2) is 6.74. The Bertz CT molecular complexity index is 429. The summed E-state index contributed by atoms with van der Waals surface area (Å²) in [7, 11) is 1.57. The van der Waals surface area contributed by atoms with Gasteiger partial charge in [-0.15, -0.1) is 0 Å². The van der Waals surface area contributed by atoms with Crippen LogP contribution in [0.5, 0.6) is 17.2 Å². The van der Waals surface area contributed by atoms with E-state index < -0.39 is 0 Å². The minimum absolute atomic E-state index is 0.460. The zero-order valence-corrected chi connectivity index (χ0v) is 11.2. The van der Waals surface area contributed by atoms with E-state index >= 15 is 0 Å². The summed E-state index contributed by atoms with van der Waals surface area (Å²) in [6, 6.07) is 3.54. The number of hydrogen-bond donors (Lipinski definition) is 1. The topological polar surface area (TPSA) is 60.3 Å². The number of nitrogens with zero attached hydrogens (tertiary/aromatic N) is 1. The first-order valence-corrected chi connectivity index (χ1v) is 5.85. The summed E-state index contributed by atoms with van der Waals surface area (Å²) in [4.78, 5) is 0. The molecular formula is C13H19NO4. The summed E-state index contributed by atoms with van der Waals surface area (Å²) in [6.07, 6.45) is 0. The van der Waals surface area contributed by atoms with Crippen LogP contribution in [0.15, 0.2) is 17.3 Å². The first kappa shape index (κ1) is 14.2. The fourth-order valence-corrected chi connectivity index (χ4v) is 1.61. The molecule has 5 heteroatoms. The Morgan fingerprint density at radius 2 is 1.78 bits per heavy atom. The number of benzene rings is 1. The Kier molecular flexibility index (Phi) is 5.30. The normalized spacial score (nSPS) is 11.2. The number of oxime groups is 1. The van der Waals surface area contributed by atoms with E-state index in [0.29, 0.717) is 41.7 Å². The van der Waals surface area contributed by atoms with Crippen molar-refractivity contribution in [2.45, 2.75) is 20.8 Å². The summed E-state index contributed by atoms with van der Waals surface area (Å²) >= 11 is 0. The lowest BCUT2D eigenvalue weighted by Gasteiger charge is -2.17. The van der Waals surface area contributed by atoms with E-state index in [9.17, 15) is 0 Å². The fraction of sp³-hybridized carbons (Fsp3) is 0.462. The van der Waals surface area contributed by atoms with Gasteiger partial charge in [-0.1, -0.05) is 5.16 Å². The van der Waals surface area contributed by atoms with Crippen molar-refractivity contribution < 1.29 is 19.4 Å². The van der Waals surface area contributed by atoms with Gasteiger partial charge in [0.2, 0.25) is 5.75 Å². The minimum atomic E-state index is 0.460. The van der Waals surface area contributed by atoms with Crippen LogP contribution >= 0.6 is 0 Å². The molecule has 0 radical (unpaired) electrons. The molecule has 0 bridgehead atoms. The highest BCUT2D eigenvalue weighted by Crippen LogP contribution is 2.40. The molecule has 1 aromatic carbocycles. The van der Waals surface area contributed by atoms with Gasteiger partial charge in [-0.05, 0) is 32.9 Å². The second-order valence-electron chi connectivity index (χ2n) is 3.53. The van der Waals surface area contributed by atoms with Gasteiger partial charge in [-0.3, -0.25) is 0 Å². The zero-order valence-electron chi connectivity index (χ0n) is 11.2. The average molecular weight is 253 g/mol. The Balaban J connectivity index is 3.40. The molecule has 1 aromatic rings. The maximum absolute atomic E-state index is 8.89. The molecule has 0 amide bonds. The lowest BCUT2D eigenvalue weighted by Crippen LogP contribution is -2.06. The fourth-order valence-electron chi connectivity index (χ4n) is 1.61. The lowest BCUT2D eigenvalue weighted by atomic mass is 10.1. The van der Waals surface area contributed by atoms with Crippen molar-refractivity contribution in [1.82, 2.24) is 0 Å². The molecule has 0 unspecified atom stereocenters. The van der Waals surface area contributed by atoms with Crippen LogP contribution in [-0.4, -0.2) is 31.2 Å². The highest BCUT2D eigenvalue weighted by Gasteiger charge is 2.18. The summed E-state index contributed by atoms with van der Waals surface area (Å²) in [5, 5.41) is 12.1. The van der Waals surface area contributed by atoms with E-state index in [1.54, 1.807) is 26.2 Å². The van der Waals surface area contributed by atoms with Gasteiger partial charge in [-0.25, -0.2) is 0 Å². The predicted octanol–water partition coefficient (Wildman–Crippen LogP) is 2.69. The van der Waals surface area contributed by atoms with Crippen LogP contribution < -0.4 is 14.2 Å². The quantitative estimate of drug-likeness (QED) is 0.481. The van der Waals surface area contributed by atoms with Crippen LogP contribution in [0.2, 0.25) is 0 Å². The summed E-state index contributed by atoms with van der Waals surface area (Å²) < 4.78 is 16.4. The Hall–Kier alpha value is -1.91. The third-order valence-electron chi connectivity index (χ3n) is 2.41. The van der Waals surface area contributed by atoms with E-state index in [0.717, 1.165) is 0 Å². The molecule has 0 saturated carbocycles. The molecule has 1 N–H and O–H groups in total. The van der Waals surface area contributed by atoms with Gasteiger partial charge in [0.05, 0.1) is 26.0 Å². The molecule has 18 heavy (non-hydrogen) atoms. The highest BCUT2D eigenvalue weighted by molar-refractivity contribution is 6.01. The van der Waals surface area contributed by atoms with E-state index in [-0.39, 0.29) is 0 Å². The third-order valence-corrected chi connectivity index (χ3v) is 2.41. The monoisotopic (exact) mass is 253 g/mol. The van der Waals surface area contributed by atoms with E-state index in [1.807, 2.05) is 13.8 Å². The second-order valence-corrected chi connectivity index (χ2v) is 3.53. The molecule has 0 aliphatic heterocycles. The molecule has 0 aliphatic rings. The van der Waals surface area contributed by atoms with Gasteiger partial charge < -0.3 is 19.4 Å². The van der Waals surface area contributed by atoms with Crippen molar-refractivity contribution in [3.8, 4) is 17.2 Å². The van der Waals surface area contributed by atoms with Gasteiger partial charge in [0.25, 0.3) is 0 Å². The maximum Gasteiger partial charge on any atom is 0.204 e. The van der Waals surface area contributed by atoms with Crippen molar-refractivity contribution in [3.63, 3.8) is 0 Å². The molecule has 0 heterocycles. The summed E-state index contributed by atoms with van der Waals surface area (Å²) in [5.74, 6) is 1.66. The predicted molar refractivity (Wildman–Crippen MR) is 69.3 cm³/mol. The molecule has 0 aromatic heterocycles. The Morgan fingerprint density at radius 3 is 2.28 bits per heavy atom. The smallest absolute Gasteiger partial charge is 0.204 e. The number of hydrogen-bond acceptors (Lipinski definition) is 5. The molecule has 100 valence electrons. The van der Waals surface area contributed by atoms with Crippen LogP contribution in [0.4, 0.5) is 0 Å². The molecule has 0 fully saturated rings. The van der Waals surface area contributed by atoms with Gasteiger partial charge >= 0.3 is 0 Å². The van der Waals surface area contributed by atoms with Crippen molar-refractivity contribution in [2.75, 3.05) is 20.3 Å². The molecule has 0 aliphatic carbocycles. The number of methoxy groups -OCH3 is 1. The first-order chi connectivity index (χ1) is 8.69. The standard InChI is InChI=1S/C13H19NO4/c1-5-17-12-10(9(3)14-15)7-8-11(16-4)13(12)18-6-2/h7-8,15H,5-6H2,1-4H3/b14-9-. The molecular weight excluding hydrogens is 234 g/mol. The van der Waals surface area contributed by atoms with Crippen LogP contribution in [0.3, 0.4) is 0 Å². The summed E-state index contributed by atoms with van der Waals surface area (Å²) in [6.45, 7) is 6.44.